The first kappa shape index (κ1) is 17.1. The van der Waals surface area contributed by atoms with E-state index in [1.165, 1.54) is 0 Å². The van der Waals surface area contributed by atoms with Gasteiger partial charge in [-0.15, -0.1) is 0 Å². The van der Waals surface area contributed by atoms with E-state index >= 15 is 0 Å². The summed E-state index contributed by atoms with van der Waals surface area (Å²) in [5, 5.41) is 5.16. The second kappa shape index (κ2) is 7.82. The lowest BCUT2D eigenvalue weighted by Gasteiger charge is -2.21. The van der Waals surface area contributed by atoms with Crippen LogP contribution in [0.15, 0.2) is 36.4 Å². The summed E-state index contributed by atoms with van der Waals surface area (Å²) in [7, 11) is 0. The van der Waals surface area contributed by atoms with Crippen molar-refractivity contribution in [2.45, 2.75) is 26.3 Å². The lowest BCUT2D eigenvalue weighted by atomic mass is 9.97. The molecule has 1 atom stereocenters. The van der Waals surface area contributed by atoms with Crippen molar-refractivity contribution < 1.29 is 0 Å². The highest BCUT2D eigenvalue weighted by Crippen LogP contribution is 2.29. The Bertz CT molecular complexity index is 577. The molecule has 0 radical (unpaired) electrons. The van der Waals surface area contributed by atoms with Gasteiger partial charge in [0, 0.05) is 8.59 Å². The lowest BCUT2D eigenvalue weighted by molar-refractivity contribution is 0.598. The summed E-state index contributed by atoms with van der Waals surface area (Å²) in [6, 6.07) is 12.5. The van der Waals surface area contributed by atoms with Crippen molar-refractivity contribution in [1.82, 2.24) is 5.32 Å². The number of rotatable bonds is 5. The summed E-state index contributed by atoms with van der Waals surface area (Å²) in [4.78, 5) is 0. The van der Waals surface area contributed by atoms with Gasteiger partial charge >= 0.3 is 0 Å². The Hall–Kier alpha value is -0.290. The van der Waals surface area contributed by atoms with Crippen LogP contribution >= 0.6 is 45.8 Å². The molecule has 0 aromatic heterocycles. The minimum Gasteiger partial charge on any atom is -0.306 e. The minimum atomic E-state index is 0.109. The fraction of sp³-hybridized carbons (Fsp3) is 0.294. The van der Waals surface area contributed by atoms with Crippen LogP contribution in [-0.2, 0) is 0 Å². The molecule has 0 fully saturated rings. The van der Waals surface area contributed by atoms with Gasteiger partial charge in [0.25, 0.3) is 0 Å². The van der Waals surface area contributed by atoms with Gasteiger partial charge < -0.3 is 5.32 Å². The first-order valence-electron chi connectivity index (χ1n) is 6.97. The van der Waals surface area contributed by atoms with Crippen LogP contribution in [-0.4, -0.2) is 6.54 Å². The van der Waals surface area contributed by atoms with Gasteiger partial charge in [-0.2, -0.15) is 0 Å². The predicted octanol–water partition coefficient (Wildman–Crippen LogP) is 6.00. The molecular formula is C17H18Cl2IN. The number of halogens is 3. The third kappa shape index (κ3) is 4.35. The Labute approximate surface area is 150 Å². The molecular weight excluding hydrogens is 416 g/mol. The highest BCUT2D eigenvalue weighted by atomic mass is 127. The third-order valence-electron chi connectivity index (χ3n) is 3.40. The van der Waals surface area contributed by atoms with E-state index in [0.717, 1.165) is 43.3 Å². The number of benzene rings is 2. The molecule has 2 aromatic carbocycles. The van der Waals surface area contributed by atoms with Crippen LogP contribution in [0.5, 0.6) is 0 Å². The maximum absolute atomic E-state index is 6.28. The van der Waals surface area contributed by atoms with Gasteiger partial charge in [-0.05, 0) is 77.4 Å². The lowest BCUT2D eigenvalue weighted by Crippen LogP contribution is -2.23. The SMILES string of the molecule is CCCNC(c1ccc(C)c(Cl)c1)c1ccc(I)c(Cl)c1. The third-order valence-corrected chi connectivity index (χ3v) is 5.38. The Balaban J connectivity index is 2.41. The summed E-state index contributed by atoms with van der Waals surface area (Å²) in [6.07, 6.45) is 1.08. The zero-order chi connectivity index (χ0) is 15.4. The highest BCUT2D eigenvalue weighted by Gasteiger charge is 2.15. The van der Waals surface area contributed by atoms with Gasteiger partial charge in [0.15, 0.2) is 0 Å². The second-order valence-corrected chi connectivity index (χ2v) is 7.05. The first-order chi connectivity index (χ1) is 10.0. The van der Waals surface area contributed by atoms with E-state index in [-0.39, 0.29) is 6.04 Å². The van der Waals surface area contributed by atoms with Crippen molar-refractivity contribution in [3.8, 4) is 0 Å². The molecule has 2 aromatic rings. The summed E-state index contributed by atoms with van der Waals surface area (Å²) < 4.78 is 1.06. The number of hydrogen-bond acceptors (Lipinski definition) is 1. The number of hydrogen-bond donors (Lipinski definition) is 1. The molecule has 0 saturated heterocycles. The quantitative estimate of drug-likeness (QED) is 0.570. The summed E-state index contributed by atoms with van der Waals surface area (Å²) in [6.45, 7) is 5.12. The maximum atomic E-state index is 6.28. The topological polar surface area (TPSA) is 12.0 Å². The van der Waals surface area contributed by atoms with Crippen LogP contribution in [0, 0.1) is 10.5 Å². The molecule has 0 aliphatic rings. The van der Waals surface area contributed by atoms with Crippen LogP contribution in [0.2, 0.25) is 10.0 Å². The molecule has 0 aliphatic heterocycles. The highest BCUT2D eigenvalue weighted by molar-refractivity contribution is 14.1. The van der Waals surface area contributed by atoms with Crippen LogP contribution in [0.3, 0.4) is 0 Å². The average Bonchev–Trinajstić information content (AvgIpc) is 2.46. The predicted molar refractivity (Wildman–Crippen MR) is 100 cm³/mol. The molecule has 0 amide bonds. The van der Waals surface area contributed by atoms with Gasteiger partial charge in [-0.1, -0.05) is 48.3 Å². The molecule has 4 heteroatoms. The monoisotopic (exact) mass is 433 g/mol. The average molecular weight is 434 g/mol. The Morgan fingerprint density at radius 3 is 2.24 bits per heavy atom. The fourth-order valence-corrected chi connectivity index (χ4v) is 2.91. The van der Waals surface area contributed by atoms with E-state index in [1.54, 1.807) is 0 Å². The van der Waals surface area contributed by atoms with Gasteiger partial charge in [-0.25, -0.2) is 0 Å². The standard InChI is InChI=1S/C17H18Cl2IN/c1-3-8-21-17(12-5-4-11(2)14(18)9-12)13-6-7-16(20)15(19)10-13/h4-7,9-10,17,21H,3,8H2,1-2H3. The summed E-state index contributed by atoms with van der Waals surface area (Å²) in [5.74, 6) is 0. The molecule has 1 N–H and O–H groups in total. The van der Waals surface area contributed by atoms with E-state index in [0.29, 0.717) is 0 Å². The zero-order valence-corrected chi connectivity index (χ0v) is 15.8. The van der Waals surface area contributed by atoms with Crippen LogP contribution < -0.4 is 5.32 Å². The van der Waals surface area contributed by atoms with Crippen molar-refractivity contribution >= 4 is 45.8 Å². The van der Waals surface area contributed by atoms with Crippen molar-refractivity contribution in [3.63, 3.8) is 0 Å². The maximum Gasteiger partial charge on any atom is 0.0577 e. The molecule has 0 bridgehead atoms. The molecule has 0 spiro atoms. The molecule has 2 rings (SSSR count). The van der Waals surface area contributed by atoms with Crippen molar-refractivity contribution in [2.75, 3.05) is 6.54 Å². The molecule has 0 heterocycles. The Morgan fingerprint density at radius 2 is 1.67 bits per heavy atom. The molecule has 0 aliphatic carbocycles. The first-order valence-corrected chi connectivity index (χ1v) is 8.80. The van der Waals surface area contributed by atoms with E-state index in [4.69, 9.17) is 23.2 Å². The van der Waals surface area contributed by atoms with Crippen molar-refractivity contribution in [3.05, 3.63) is 66.7 Å². The van der Waals surface area contributed by atoms with Crippen molar-refractivity contribution in [1.29, 1.82) is 0 Å². The number of aryl methyl sites for hydroxylation is 1. The van der Waals surface area contributed by atoms with Crippen molar-refractivity contribution in [2.24, 2.45) is 0 Å². The fourth-order valence-electron chi connectivity index (χ4n) is 2.20. The second-order valence-electron chi connectivity index (χ2n) is 5.07. The summed E-state index contributed by atoms with van der Waals surface area (Å²) in [5.41, 5.74) is 3.42. The normalized spacial score (nSPS) is 12.4. The Kier molecular flexibility index (Phi) is 6.35. The van der Waals surface area contributed by atoms with Gasteiger partial charge in [-0.3, -0.25) is 0 Å². The van der Waals surface area contributed by atoms with E-state index in [1.807, 2.05) is 19.1 Å². The molecule has 21 heavy (non-hydrogen) atoms. The zero-order valence-electron chi connectivity index (χ0n) is 12.1. The van der Waals surface area contributed by atoms with Gasteiger partial charge in [0.2, 0.25) is 0 Å². The van der Waals surface area contributed by atoms with Gasteiger partial charge in [0.1, 0.15) is 0 Å². The molecule has 1 unspecified atom stereocenters. The molecule has 0 saturated carbocycles. The minimum absolute atomic E-state index is 0.109. The van der Waals surface area contributed by atoms with Crippen LogP contribution in [0.25, 0.3) is 0 Å². The van der Waals surface area contributed by atoms with E-state index in [2.05, 4.69) is 59.1 Å². The summed E-state index contributed by atoms with van der Waals surface area (Å²) >= 11 is 14.8. The van der Waals surface area contributed by atoms with Crippen LogP contribution in [0.1, 0.15) is 36.1 Å². The molecule has 112 valence electrons. The van der Waals surface area contributed by atoms with E-state index in [9.17, 15) is 0 Å². The van der Waals surface area contributed by atoms with Gasteiger partial charge in [0.05, 0.1) is 11.1 Å². The largest absolute Gasteiger partial charge is 0.306 e. The smallest absolute Gasteiger partial charge is 0.0577 e. The molecule has 1 nitrogen and oxygen atoms in total. The van der Waals surface area contributed by atoms with Crippen LogP contribution in [0.4, 0.5) is 0 Å². The Morgan fingerprint density at radius 1 is 1.05 bits per heavy atom. The van der Waals surface area contributed by atoms with E-state index < -0.39 is 0 Å². The number of nitrogens with one attached hydrogen (secondary N) is 1.